The molecule has 1 atom stereocenters. The normalized spacial score (nSPS) is 14.2. The summed E-state index contributed by atoms with van der Waals surface area (Å²) in [5.74, 6) is 3.78. The number of hydrogen-bond donors (Lipinski definition) is 0. The summed E-state index contributed by atoms with van der Waals surface area (Å²) in [5.41, 5.74) is 32.2. The molecule has 16 aromatic carbocycles. The van der Waals surface area contributed by atoms with E-state index in [1.54, 1.807) is 0 Å². The number of benzene rings is 16. The maximum atomic E-state index is 5.32. The van der Waals surface area contributed by atoms with Crippen LogP contribution in [0.15, 0.2) is 364 Å². The average molecular weight is 1460 g/mol. The summed E-state index contributed by atoms with van der Waals surface area (Å²) >= 11 is 3.63. The Balaban J connectivity index is 0.565. The van der Waals surface area contributed by atoms with Crippen molar-refractivity contribution in [2.24, 2.45) is 0 Å². The maximum absolute atomic E-state index is 5.32. The Hall–Kier alpha value is -14.0. The van der Waals surface area contributed by atoms with Gasteiger partial charge in [0.2, 0.25) is 0 Å². The highest BCUT2D eigenvalue weighted by molar-refractivity contribution is 7.26. The van der Waals surface area contributed by atoms with Gasteiger partial charge in [0.1, 0.15) is 0 Å². The van der Waals surface area contributed by atoms with Crippen LogP contribution in [0.5, 0.6) is 0 Å². The molecule has 8 heteroatoms. The first-order valence-electron chi connectivity index (χ1n) is 38.1. The van der Waals surface area contributed by atoms with Gasteiger partial charge in [0, 0.05) is 73.7 Å². The second kappa shape index (κ2) is 24.2. The Morgan fingerprint density at radius 2 is 0.411 bits per heavy atom. The molecular formula is C104H60N6S2. The fourth-order valence-corrected chi connectivity index (χ4v) is 21.3. The van der Waals surface area contributed by atoms with Crippen molar-refractivity contribution in [1.82, 2.24) is 29.9 Å². The van der Waals surface area contributed by atoms with E-state index in [2.05, 4.69) is 328 Å². The topological polar surface area (TPSA) is 77.3 Å². The second-order valence-corrected chi connectivity index (χ2v) is 32.0. The molecular weight excluding hydrogens is 1400 g/mol. The molecule has 0 aliphatic heterocycles. The first kappa shape index (κ1) is 63.0. The van der Waals surface area contributed by atoms with E-state index in [1.807, 2.05) is 59.1 Å². The molecule has 4 heterocycles. The summed E-state index contributed by atoms with van der Waals surface area (Å²) in [5, 5.41) is 4.87. The van der Waals surface area contributed by atoms with Crippen molar-refractivity contribution < 1.29 is 0 Å². The minimum atomic E-state index is -0.577. The Morgan fingerprint density at radius 1 is 0.152 bits per heavy atom. The van der Waals surface area contributed by atoms with Gasteiger partial charge in [-0.05, 0) is 177 Å². The van der Waals surface area contributed by atoms with Gasteiger partial charge in [-0.2, -0.15) is 0 Å². The molecule has 0 radical (unpaired) electrons. The van der Waals surface area contributed by atoms with Gasteiger partial charge in [0.05, 0.1) is 10.8 Å². The van der Waals surface area contributed by atoms with Gasteiger partial charge in [-0.25, -0.2) is 29.9 Å². The zero-order valence-corrected chi connectivity index (χ0v) is 61.8. The monoisotopic (exact) mass is 1460 g/mol. The number of fused-ring (bicyclic) bond motifs is 26. The van der Waals surface area contributed by atoms with Crippen LogP contribution in [0, 0.1) is 0 Å². The van der Waals surface area contributed by atoms with Gasteiger partial charge in [0.25, 0.3) is 0 Å². The third kappa shape index (κ3) is 9.25. The van der Waals surface area contributed by atoms with Gasteiger partial charge >= 0.3 is 0 Å². The van der Waals surface area contributed by atoms with Crippen LogP contribution < -0.4 is 0 Å². The van der Waals surface area contributed by atoms with E-state index in [4.69, 9.17) is 29.9 Å². The van der Waals surface area contributed by atoms with Gasteiger partial charge < -0.3 is 0 Å². The molecule has 4 aliphatic rings. The summed E-state index contributed by atoms with van der Waals surface area (Å²) in [4.78, 5) is 31.3. The number of hydrogen-bond acceptors (Lipinski definition) is 8. The van der Waals surface area contributed by atoms with E-state index in [0.29, 0.717) is 34.9 Å². The van der Waals surface area contributed by atoms with Crippen molar-refractivity contribution in [2.45, 2.75) is 10.8 Å². The van der Waals surface area contributed by atoms with Crippen molar-refractivity contribution in [3.05, 3.63) is 408 Å². The van der Waals surface area contributed by atoms with E-state index in [1.165, 1.54) is 140 Å². The number of nitrogens with zero attached hydrogens (tertiary/aromatic N) is 6. The van der Waals surface area contributed by atoms with Gasteiger partial charge in [-0.3, -0.25) is 0 Å². The molecule has 518 valence electrons. The minimum Gasteiger partial charge on any atom is -0.208 e. The van der Waals surface area contributed by atoms with Crippen LogP contribution in [-0.4, -0.2) is 29.9 Å². The standard InChI is InChI=1S/C104H60N6S2/c1-3-19-63(20-4-1)97-105-99(109-101(107-97)71-48-54-94-84(55-71)81-28-12-18-34-93(81)111-94)65-39-37-62(38-40-65)68-44-50-79-76-26-10-16-32-88(76)104(91(79)57-68)89-33-17-11-27-77(89)80-51-45-69(58-92(80)104)70-46-52-82-83-53-47-72(60-96(83)112-95(82)59-70)102-108-98(64-21-5-2-6-22-64)106-100(110-102)66-41-35-61(36-42-66)67-43-49-78-75-25-9-15-31-87(75)103(90(78)56-67)85-29-13-7-23-73(85)74-24-8-14-30-86(74)103/h1-60H. The molecule has 0 N–H and O–H groups in total. The lowest BCUT2D eigenvalue weighted by atomic mass is 9.70. The largest absolute Gasteiger partial charge is 0.208 e. The first-order chi connectivity index (χ1) is 55.4. The minimum absolute atomic E-state index is 0.419. The lowest BCUT2D eigenvalue weighted by Crippen LogP contribution is -2.26. The molecule has 4 aliphatic carbocycles. The first-order valence-corrected chi connectivity index (χ1v) is 39.7. The highest BCUT2D eigenvalue weighted by atomic mass is 32.1. The van der Waals surface area contributed by atoms with Crippen LogP contribution in [0.1, 0.15) is 44.5 Å². The summed E-state index contributed by atoms with van der Waals surface area (Å²) in [6.07, 6.45) is 0. The number of rotatable bonds is 9. The Bertz CT molecular complexity index is 7310. The van der Waals surface area contributed by atoms with Crippen LogP contribution in [0.3, 0.4) is 0 Å². The van der Waals surface area contributed by atoms with Crippen molar-refractivity contribution >= 4 is 63.0 Å². The van der Waals surface area contributed by atoms with E-state index in [0.717, 1.165) is 55.6 Å². The number of thiophene rings is 2. The molecule has 20 aromatic rings. The molecule has 0 fully saturated rings. The van der Waals surface area contributed by atoms with Crippen LogP contribution in [-0.2, 0) is 10.8 Å². The van der Waals surface area contributed by atoms with Crippen molar-refractivity contribution in [3.8, 4) is 146 Å². The van der Waals surface area contributed by atoms with Crippen LogP contribution in [0.25, 0.3) is 187 Å². The van der Waals surface area contributed by atoms with Crippen LogP contribution in [0.4, 0.5) is 0 Å². The quantitative estimate of drug-likeness (QED) is 0.143. The molecule has 2 spiro atoms. The van der Waals surface area contributed by atoms with Crippen molar-refractivity contribution in [2.75, 3.05) is 0 Å². The van der Waals surface area contributed by atoms with Gasteiger partial charge in [-0.1, -0.05) is 309 Å². The van der Waals surface area contributed by atoms with Crippen molar-refractivity contribution in [1.29, 1.82) is 0 Å². The van der Waals surface area contributed by atoms with Gasteiger partial charge in [0.15, 0.2) is 34.9 Å². The molecule has 24 rings (SSSR count). The second-order valence-electron chi connectivity index (χ2n) is 29.8. The maximum Gasteiger partial charge on any atom is 0.164 e. The Labute approximate surface area is 653 Å². The lowest BCUT2D eigenvalue weighted by molar-refractivity contribution is 0.794. The van der Waals surface area contributed by atoms with Crippen molar-refractivity contribution in [3.63, 3.8) is 0 Å². The highest BCUT2D eigenvalue weighted by Crippen LogP contribution is 2.65. The van der Waals surface area contributed by atoms with E-state index in [-0.39, 0.29) is 0 Å². The zero-order valence-electron chi connectivity index (χ0n) is 60.1. The Morgan fingerprint density at radius 3 is 0.848 bits per heavy atom. The zero-order chi connectivity index (χ0) is 73.3. The van der Waals surface area contributed by atoms with E-state index in [9.17, 15) is 0 Å². The van der Waals surface area contributed by atoms with Gasteiger partial charge in [-0.15, -0.1) is 22.7 Å². The SMILES string of the molecule is c1ccc(-c2nc(-c3ccc(-c4ccc5c(c4)C4(c6ccccc6-c6ccccc64)c4ccccc4-5)cc3)nc(-c3ccc4c(c3)sc3cc(-c5ccc6c(c5)C5(c7ccccc7-c7ccc(-c8ccc(-c9nc(-c%10ccccc%10)nc(-c%10ccc%11sc%12ccccc%12c%11c%10)n9)cc8)cc75)c5ccccc5-6)ccc34)n2)cc1. The summed E-state index contributed by atoms with van der Waals surface area (Å²) in [7, 11) is 0. The molecule has 0 bridgehead atoms. The molecule has 0 amide bonds. The van der Waals surface area contributed by atoms with Crippen LogP contribution in [0.2, 0.25) is 0 Å². The Kier molecular flexibility index (Phi) is 13.6. The third-order valence-corrected chi connectivity index (χ3v) is 26.3. The smallest absolute Gasteiger partial charge is 0.164 e. The lowest BCUT2D eigenvalue weighted by Gasteiger charge is -2.31. The molecule has 1 unspecified atom stereocenters. The fourth-order valence-electron chi connectivity index (χ4n) is 19.1. The average Bonchev–Trinajstić information content (AvgIpc) is 1.51. The molecule has 0 saturated carbocycles. The predicted octanol–water partition coefficient (Wildman–Crippen LogP) is 26.5. The molecule has 112 heavy (non-hydrogen) atoms. The molecule has 6 nitrogen and oxygen atoms in total. The third-order valence-electron chi connectivity index (χ3n) is 24.1. The van der Waals surface area contributed by atoms with E-state index >= 15 is 0 Å². The van der Waals surface area contributed by atoms with E-state index < -0.39 is 10.8 Å². The highest BCUT2D eigenvalue weighted by Gasteiger charge is 2.53. The molecule has 0 saturated heterocycles. The summed E-state index contributed by atoms with van der Waals surface area (Å²) < 4.78 is 4.89. The summed E-state index contributed by atoms with van der Waals surface area (Å²) in [6.45, 7) is 0. The fraction of sp³-hybridized carbons (Fsp3) is 0.0192. The predicted molar refractivity (Wildman–Crippen MR) is 461 cm³/mol. The number of aromatic nitrogens is 6. The summed E-state index contributed by atoms with van der Waals surface area (Å²) in [6, 6.07) is 133. The van der Waals surface area contributed by atoms with Crippen LogP contribution >= 0.6 is 22.7 Å². The molecule has 4 aromatic heterocycles.